The van der Waals surface area contributed by atoms with E-state index in [-0.39, 0.29) is 12.1 Å². The first-order valence-electron chi connectivity index (χ1n) is 6.48. The number of nitrogens with two attached hydrogens (primary N) is 1. The molecule has 1 aromatic carbocycles. The molecule has 2 unspecified atom stereocenters. The second kappa shape index (κ2) is 8.08. The average molecular weight is 252 g/mol. The van der Waals surface area contributed by atoms with E-state index < -0.39 is 0 Å². The van der Waals surface area contributed by atoms with Gasteiger partial charge in [0.2, 0.25) is 0 Å². The number of methoxy groups -OCH3 is 1. The van der Waals surface area contributed by atoms with Gasteiger partial charge >= 0.3 is 0 Å². The molecule has 0 amide bonds. The van der Waals surface area contributed by atoms with Gasteiger partial charge in [-0.3, -0.25) is 11.3 Å². The molecule has 0 aliphatic rings. The van der Waals surface area contributed by atoms with Crippen molar-refractivity contribution >= 4 is 0 Å². The van der Waals surface area contributed by atoms with Crippen molar-refractivity contribution in [3.05, 3.63) is 29.8 Å². The fourth-order valence-corrected chi connectivity index (χ4v) is 2.06. The number of rotatable bonds is 8. The molecule has 4 heteroatoms. The maximum absolute atomic E-state index is 5.65. The first kappa shape index (κ1) is 15.0. The van der Waals surface area contributed by atoms with E-state index in [9.17, 15) is 0 Å². The van der Waals surface area contributed by atoms with E-state index in [4.69, 9.17) is 15.3 Å². The Bertz CT molecular complexity index is 327. The van der Waals surface area contributed by atoms with Gasteiger partial charge in [-0.25, -0.2) is 0 Å². The summed E-state index contributed by atoms with van der Waals surface area (Å²) in [5.41, 5.74) is 3.95. The van der Waals surface area contributed by atoms with Crippen LogP contribution in [0.25, 0.3) is 0 Å². The first-order valence-corrected chi connectivity index (χ1v) is 6.48. The van der Waals surface area contributed by atoms with Crippen LogP contribution in [0.15, 0.2) is 24.3 Å². The second-order valence-corrected chi connectivity index (χ2v) is 4.21. The van der Waals surface area contributed by atoms with Crippen LogP contribution in [0, 0.1) is 0 Å². The summed E-state index contributed by atoms with van der Waals surface area (Å²) in [6.07, 6.45) is 2.12. The van der Waals surface area contributed by atoms with Crippen LogP contribution in [-0.4, -0.2) is 19.8 Å². The summed E-state index contributed by atoms with van der Waals surface area (Å²) >= 11 is 0. The fraction of sp³-hybridized carbons (Fsp3) is 0.571. The van der Waals surface area contributed by atoms with Crippen molar-refractivity contribution < 1.29 is 9.47 Å². The van der Waals surface area contributed by atoms with E-state index >= 15 is 0 Å². The number of hydrazine groups is 1. The highest BCUT2D eigenvalue weighted by Crippen LogP contribution is 2.23. The highest BCUT2D eigenvalue weighted by Gasteiger charge is 2.21. The zero-order valence-corrected chi connectivity index (χ0v) is 11.5. The molecule has 0 fully saturated rings. The Hall–Kier alpha value is -1.10. The maximum atomic E-state index is 5.65. The van der Waals surface area contributed by atoms with E-state index in [0.29, 0.717) is 6.61 Å². The van der Waals surface area contributed by atoms with Crippen molar-refractivity contribution in [3.8, 4) is 5.75 Å². The van der Waals surface area contributed by atoms with Gasteiger partial charge in [0.05, 0.1) is 18.8 Å². The second-order valence-electron chi connectivity index (χ2n) is 4.21. The summed E-state index contributed by atoms with van der Waals surface area (Å²) in [4.78, 5) is 0. The Balaban J connectivity index is 2.80. The molecule has 18 heavy (non-hydrogen) atoms. The predicted octanol–water partition coefficient (Wildman–Crippen LogP) is 2.40. The zero-order chi connectivity index (χ0) is 13.4. The molecule has 0 heterocycles. The largest absolute Gasteiger partial charge is 0.494 e. The van der Waals surface area contributed by atoms with Crippen molar-refractivity contribution in [2.24, 2.45) is 5.84 Å². The number of ether oxygens (including phenoxy) is 2. The summed E-state index contributed by atoms with van der Waals surface area (Å²) in [6, 6.07) is 7.98. The molecule has 2 atom stereocenters. The van der Waals surface area contributed by atoms with Gasteiger partial charge in [0, 0.05) is 7.11 Å². The lowest BCUT2D eigenvalue weighted by atomic mass is 9.98. The fourth-order valence-electron chi connectivity index (χ4n) is 2.06. The smallest absolute Gasteiger partial charge is 0.119 e. The van der Waals surface area contributed by atoms with Crippen LogP contribution in [0.5, 0.6) is 5.75 Å². The van der Waals surface area contributed by atoms with Gasteiger partial charge < -0.3 is 9.47 Å². The summed E-state index contributed by atoms with van der Waals surface area (Å²) in [6.45, 7) is 4.78. The normalized spacial score (nSPS) is 14.2. The van der Waals surface area contributed by atoms with Crippen LogP contribution in [0.1, 0.15) is 38.3 Å². The highest BCUT2D eigenvalue weighted by molar-refractivity contribution is 5.29. The minimum absolute atomic E-state index is 0.00521. The molecule has 0 saturated heterocycles. The van der Waals surface area contributed by atoms with Gasteiger partial charge in [-0.05, 0) is 31.0 Å². The number of nitrogens with one attached hydrogen (secondary N) is 1. The average Bonchev–Trinajstić information content (AvgIpc) is 2.40. The Morgan fingerprint density at radius 2 is 1.89 bits per heavy atom. The van der Waals surface area contributed by atoms with Crippen molar-refractivity contribution in [3.63, 3.8) is 0 Å². The summed E-state index contributed by atoms with van der Waals surface area (Å²) < 4.78 is 10.9. The molecule has 1 aromatic rings. The zero-order valence-electron chi connectivity index (χ0n) is 11.5. The topological polar surface area (TPSA) is 56.5 Å². The molecule has 0 saturated carbocycles. The Morgan fingerprint density at radius 1 is 1.22 bits per heavy atom. The van der Waals surface area contributed by atoms with Gasteiger partial charge in [-0.1, -0.05) is 25.5 Å². The third-order valence-corrected chi connectivity index (χ3v) is 2.98. The number of hydrogen-bond acceptors (Lipinski definition) is 4. The van der Waals surface area contributed by atoms with Crippen molar-refractivity contribution in [2.45, 2.75) is 38.8 Å². The SMILES string of the molecule is CCCC(OC)C(NN)c1ccc(OCC)cc1. The van der Waals surface area contributed by atoms with Gasteiger partial charge in [0.15, 0.2) is 0 Å². The lowest BCUT2D eigenvalue weighted by molar-refractivity contribution is 0.0606. The molecular formula is C14H24N2O2. The molecule has 0 bridgehead atoms. The van der Waals surface area contributed by atoms with E-state index in [1.807, 2.05) is 31.2 Å². The standard InChI is InChI=1S/C14H24N2O2/c1-4-6-13(17-3)14(16-15)11-7-9-12(10-8-11)18-5-2/h7-10,13-14,16H,4-6,15H2,1-3H3. The molecule has 4 nitrogen and oxygen atoms in total. The molecule has 1 rings (SSSR count). The van der Waals surface area contributed by atoms with Crippen molar-refractivity contribution in [1.82, 2.24) is 5.43 Å². The molecule has 102 valence electrons. The van der Waals surface area contributed by atoms with Gasteiger partial charge in [-0.15, -0.1) is 0 Å². The van der Waals surface area contributed by atoms with E-state index in [2.05, 4.69) is 12.3 Å². The molecular weight excluding hydrogens is 228 g/mol. The van der Waals surface area contributed by atoms with Crippen LogP contribution >= 0.6 is 0 Å². The Kier molecular flexibility index (Phi) is 6.72. The van der Waals surface area contributed by atoms with E-state index in [1.165, 1.54) is 0 Å². The quantitative estimate of drug-likeness (QED) is 0.551. The monoisotopic (exact) mass is 252 g/mol. The summed E-state index contributed by atoms with van der Waals surface area (Å²) in [7, 11) is 1.72. The van der Waals surface area contributed by atoms with Crippen LogP contribution in [0.4, 0.5) is 0 Å². The Labute approximate surface area is 109 Å². The van der Waals surface area contributed by atoms with Crippen LogP contribution in [0.3, 0.4) is 0 Å². The first-order chi connectivity index (χ1) is 8.76. The number of benzene rings is 1. The van der Waals surface area contributed by atoms with Gasteiger partial charge in [-0.2, -0.15) is 0 Å². The van der Waals surface area contributed by atoms with Gasteiger partial charge in [0.25, 0.3) is 0 Å². The Morgan fingerprint density at radius 3 is 2.33 bits per heavy atom. The third kappa shape index (κ3) is 3.98. The lowest BCUT2D eigenvalue weighted by Gasteiger charge is -2.25. The summed E-state index contributed by atoms with van der Waals surface area (Å²) in [5.74, 6) is 6.52. The molecule has 0 spiro atoms. The molecule has 0 radical (unpaired) electrons. The minimum atomic E-state index is 0.00521. The maximum Gasteiger partial charge on any atom is 0.119 e. The summed E-state index contributed by atoms with van der Waals surface area (Å²) in [5, 5.41) is 0. The molecule has 3 N–H and O–H groups in total. The van der Waals surface area contributed by atoms with Crippen LogP contribution in [-0.2, 0) is 4.74 Å². The minimum Gasteiger partial charge on any atom is -0.494 e. The highest BCUT2D eigenvalue weighted by atomic mass is 16.5. The van der Waals surface area contributed by atoms with E-state index in [0.717, 1.165) is 24.2 Å². The number of hydrogen-bond donors (Lipinski definition) is 2. The third-order valence-electron chi connectivity index (χ3n) is 2.98. The predicted molar refractivity (Wildman–Crippen MR) is 73.4 cm³/mol. The van der Waals surface area contributed by atoms with Gasteiger partial charge in [0.1, 0.15) is 5.75 Å². The lowest BCUT2D eigenvalue weighted by Crippen LogP contribution is -2.37. The van der Waals surface area contributed by atoms with Crippen LogP contribution in [0.2, 0.25) is 0 Å². The van der Waals surface area contributed by atoms with Crippen molar-refractivity contribution in [2.75, 3.05) is 13.7 Å². The van der Waals surface area contributed by atoms with Crippen molar-refractivity contribution in [1.29, 1.82) is 0 Å². The molecule has 0 aliphatic heterocycles. The molecule has 0 aliphatic carbocycles. The van der Waals surface area contributed by atoms with Crippen LogP contribution < -0.4 is 16.0 Å². The van der Waals surface area contributed by atoms with E-state index in [1.54, 1.807) is 7.11 Å². The molecule has 0 aromatic heterocycles.